The molecule has 4 heteroatoms. The van der Waals surface area contributed by atoms with Crippen molar-refractivity contribution in [2.24, 2.45) is 0 Å². The number of benzene rings is 1. The first kappa shape index (κ1) is 10.3. The summed E-state index contributed by atoms with van der Waals surface area (Å²) in [6.07, 6.45) is 4.00. The minimum absolute atomic E-state index is 0.574. The summed E-state index contributed by atoms with van der Waals surface area (Å²) in [6.45, 7) is 1.81. The predicted octanol–water partition coefficient (Wildman–Crippen LogP) is 2.39. The second kappa shape index (κ2) is 4.53. The third-order valence-electron chi connectivity index (χ3n) is 2.01. The third kappa shape index (κ3) is 2.42. The molecule has 0 aliphatic rings. The van der Waals surface area contributed by atoms with Gasteiger partial charge in [0.05, 0.1) is 12.4 Å². The molecule has 0 radical (unpaired) electrons. The van der Waals surface area contributed by atoms with Crippen LogP contribution >= 0.6 is 0 Å². The van der Waals surface area contributed by atoms with Gasteiger partial charge >= 0.3 is 0 Å². The highest BCUT2D eigenvalue weighted by Gasteiger charge is 1.98. The fraction of sp³-hybridized carbons (Fsp3) is 0.0833. The van der Waals surface area contributed by atoms with Gasteiger partial charge in [0.1, 0.15) is 17.9 Å². The Morgan fingerprint density at radius 3 is 2.25 bits per heavy atom. The Balaban J connectivity index is 2.14. The minimum atomic E-state index is 0.574. The molecular weight excluding hydrogens is 204 g/mol. The van der Waals surface area contributed by atoms with Gasteiger partial charge in [-0.3, -0.25) is 4.79 Å². The van der Waals surface area contributed by atoms with Gasteiger partial charge in [-0.1, -0.05) is 0 Å². The molecule has 0 unspecified atom stereocenters. The van der Waals surface area contributed by atoms with Crippen LogP contribution in [0.15, 0.2) is 36.7 Å². The molecule has 0 atom stereocenters. The summed E-state index contributed by atoms with van der Waals surface area (Å²) in [5.74, 6) is 1.92. The Bertz CT molecular complexity index is 477. The van der Waals surface area contributed by atoms with E-state index in [1.54, 1.807) is 36.7 Å². The Hall–Kier alpha value is -2.23. The lowest BCUT2D eigenvalue weighted by Gasteiger charge is -2.04. The molecule has 2 aromatic rings. The molecule has 4 nitrogen and oxygen atoms in total. The maximum Gasteiger partial charge on any atom is 0.164 e. The fourth-order valence-corrected chi connectivity index (χ4v) is 1.18. The van der Waals surface area contributed by atoms with Crippen molar-refractivity contribution in [1.29, 1.82) is 0 Å². The molecule has 0 saturated heterocycles. The molecule has 0 aliphatic heterocycles. The maximum atomic E-state index is 10.5. The number of aromatic nitrogens is 2. The van der Waals surface area contributed by atoms with E-state index in [0.29, 0.717) is 22.9 Å². The molecule has 2 rings (SSSR count). The average molecular weight is 214 g/mol. The first-order valence-electron chi connectivity index (χ1n) is 4.79. The van der Waals surface area contributed by atoms with Crippen molar-refractivity contribution in [3.05, 3.63) is 48.0 Å². The number of hydrogen-bond donors (Lipinski definition) is 0. The number of ether oxygens (including phenoxy) is 1. The monoisotopic (exact) mass is 214 g/mol. The molecular formula is C12H10N2O2. The Kier molecular flexibility index (Phi) is 2.91. The Labute approximate surface area is 92.9 Å². The lowest BCUT2D eigenvalue weighted by atomic mass is 10.2. The van der Waals surface area contributed by atoms with Gasteiger partial charge in [-0.05, 0) is 31.2 Å². The van der Waals surface area contributed by atoms with E-state index in [9.17, 15) is 4.79 Å². The summed E-state index contributed by atoms with van der Waals surface area (Å²) >= 11 is 0. The molecule has 0 saturated carbocycles. The molecule has 1 aromatic carbocycles. The van der Waals surface area contributed by atoms with E-state index in [0.717, 1.165) is 6.29 Å². The van der Waals surface area contributed by atoms with Crippen LogP contribution in [0.5, 0.6) is 11.5 Å². The number of aryl methyl sites for hydroxylation is 1. The second-order valence-corrected chi connectivity index (χ2v) is 3.25. The molecule has 1 heterocycles. The van der Waals surface area contributed by atoms with Gasteiger partial charge in [0.25, 0.3) is 0 Å². The predicted molar refractivity (Wildman–Crippen MR) is 58.7 cm³/mol. The summed E-state index contributed by atoms with van der Waals surface area (Å²) in [4.78, 5) is 18.5. The summed E-state index contributed by atoms with van der Waals surface area (Å²) in [5.41, 5.74) is 0.618. The van der Waals surface area contributed by atoms with Gasteiger partial charge in [-0.15, -0.1) is 0 Å². The molecule has 1 aromatic heterocycles. The zero-order chi connectivity index (χ0) is 11.4. The van der Waals surface area contributed by atoms with E-state index in [1.165, 1.54) is 0 Å². The van der Waals surface area contributed by atoms with Crippen LogP contribution in [0, 0.1) is 6.92 Å². The van der Waals surface area contributed by atoms with Crippen LogP contribution in [-0.4, -0.2) is 16.3 Å². The first-order valence-corrected chi connectivity index (χ1v) is 4.79. The van der Waals surface area contributed by atoms with Crippen molar-refractivity contribution in [2.75, 3.05) is 0 Å². The quantitative estimate of drug-likeness (QED) is 0.736. The van der Waals surface area contributed by atoms with E-state index >= 15 is 0 Å². The molecule has 0 amide bonds. The summed E-state index contributed by atoms with van der Waals surface area (Å²) in [5, 5.41) is 0. The van der Waals surface area contributed by atoms with Crippen molar-refractivity contribution in [1.82, 2.24) is 9.97 Å². The van der Waals surface area contributed by atoms with Gasteiger partial charge in [-0.25, -0.2) is 9.97 Å². The van der Waals surface area contributed by atoms with Gasteiger partial charge in [0, 0.05) is 5.56 Å². The van der Waals surface area contributed by atoms with Crippen molar-refractivity contribution in [2.45, 2.75) is 6.92 Å². The standard InChI is InChI=1S/C12H10N2O2/c1-9-13-6-12(7-14-9)16-11-4-2-10(8-15)3-5-11/h2-8H,1H3. The van der Waals surface area contributed by atoms with Crippen LogP contribution < -0.4 is 4.74 Å². The van der Waals surface area contributed by atoms with Crippen LogP contribution in [0.3, 0.4) is 0 Å². The van der Waals surface area contributed by atoms with Crippen molar-refractivity contribution >= 4 is 6.29 Å². The van der Waals surface area contributed by atoms with Crippen molar-refractivity contribution in [3.63, 3.8) is 0 Å². The van der Waals surface area contributed by atoms with Crippen molar-refractivity contribution < 1.29 is 9.53 Å². The van der Waals surface area contributed by atoms with Gasteiger partial charge < -0.3 is 4.74 Å². The summed E-state index contributed by atoms with van der Waals surface area (Å²) in [7, 11) is 0. The molecule has 0 aliphatic carbocycles. The fourth-order valence-electron chi connectivity index (χ4n) is 1.18. The largest absolute Gasteiger partial charge is 0.454 e. The smallest absolute Gasteiger partial charge is 0.164 e. The lowest BCUT2D eigenvalue weighted by molar-refractivity contribution is 0.112. The number of hydrogen-bond acceptors (Lipinski definition) is 4. The number of carbonyl (C=O) groups is 1. The minimum Gasteiger partial charge on any atom is -0.454 e. The number of nitrogens with zero attached hydrogens (tertiary/aromatic N) is 2. The molecule has 16 heavy (non-hydrogen) atoms. The van der Waals surface area contributed by atoms with Crippen LogP contribution in [0.1, 0.15) is 16.2 Å². The second-order valence-electron chi connectivity index (χ2n) is 3.25. The highest BCUT2D eigenvalue weighted by Crippen LogP contribution is 2.19. The normalized spacial score (nSPS) is 9.81. The SMILES string of the molecule is Cc1ncc(Oc2ccc(C=O)cc2)cn1. The topological polar surface area (TPSA) is 52.1 Å². The zero-order valence-electron chi connectivity index (χ0n) is 8.75. The zero-order valence-corrected chi connectivity index (χ0v) is 8.75. The van der Waals surface area contributed by atoms with Gasteiger partial charge in [0.2, 0.25) is 0 Å². The molecule has 80 valence electrons. The highest BCUT2D eigenvalue weighted by molar-refractivity contribution is 5.74. The van der Waals surface area contributed by atoms with Crippen LogP contribution in [0.25, 0.3) is 0 Å². The lowest BCUT2D eigenvalue weighted by Crippen LogP contribution is -1.90. The molecule has 0 bridgehead atoms. The third-order valence-corrected chi connectivity index (χ3v) is 2.01. The summed E-state index contributed by atoms with van der Waals surface area (Å²) in [6, 6.07) is 6.84. The number of aldehydes is 1. The first-order chi connectivity index (χ1) is 7.78. The van der Waals surface area contributed by atoms with Crippen molar-refractivity contribution in [3.8, 4) is 11.5 Å². The number of rotatable bonds is 3. The summed E-state index contributed by atoms with van der Waals surface area (Å²) < 4.78 is 5.49. The maximum absolute atomic E-state index is 10.5. The molecule has 0 N–H and O–H groups in total. The van der Waals surface area contributed by atoms with E-state index < -0.39 is 0 Å². The number of carbonyl (C=O) groups excluding carboxylic acids is 1. The van der Waals surface area contributed by atoms with E-state index in [-0.39, 0.29) is 0 Å². The van der Waals surface area contributed by atoms with Crippen LogP contribution in [-0.2, 0) is 0 Å². The van der Waals surface area contributed by atoms with E-state index in [4.69, 9.17) is 4.74 Å². The Morgan fingerprint density at radius 2 is 1.69 bits per heavy atom. The Morgan fingerprint density at radius 1 is 1.06 bits per heavy atom. The van der Waals surface area contributed by atoms with E-state index in [2.05, 4.69) is 9.97 Å². The van der Waals surface area contributed by atoms with E-state index in [1.807, 2.05) is 6.92 Å². The van der Waals surface area contributed by atoms with Crippen LogP contribution in [0.4, 0.5) is 0 Å². The van der Waals surface area contributed by atoms with Gasteiger partial charge in [-0.2, -0.15) is 0 Å². The van der Waals surface area contributed by atoms with Gasteiger partial charge in [0.15, 0.2) is 5.75 Å². The average Bonchev–Trinajstić information content (AvgIpc) is 2.33. The molecule has 0 fully saturated rings. The van der Waals surface area contributed by atoms with Crippen LogP contribution in [0.2, 0.25) is 0 Å². The molecule has 0 spiro atoms. The highest BCUT2D eigenvalue weighted by atomic mass is 16.5.